The molecule has 0 aliphatic heterocycles. The van der Waals surface area contributed by atoms with E-state index in [1.807, 2.05) is 30.3 Å². The molecule has 2 aromatic heterocycles. The van der Waals surface area contributed by atoms with Crippen molar-refractivity contribution in [3.05, 3.63) is 61.2 Å². The Morgan fingerprint density at radius 1 is 1.08 bits per heavy atom. The van der Waals surface area contributed by atoms with Crippen LogP contribution < -0.4 is 9.47 Å². The van der Waals surface area contributed by atoms with Crippen LogP contribution in [-0.2, 0) is 6.54 Å². The lowest BCUT2D eigenvalue weighted by molar-refractivity contribution is -0.694. The van der Waals surface area contributed by atoms with Gasteiger partial charge in [-0.15, -0.1) is 10.2 Å². The van der Waals surface area contributed by atoms with E-state index < -0.39 is 0 Å². The molecule has 0 radical (unpaired) electrons. The van der Waals surface area contributed by atoms with Gasteiger partial charge in [-0.25, -0.2) is 9.55 Å². The molecule has 3 aromatic rings. The van der Waals surface area contributed by atoms with Gasteiger partial charge >= 0.3 is 0 Å². The average molecular weight is 339 g/mol. The van der Waals surface area contributed by atoms with Gasteiger partial charge in [0, 0.05) is 35.9 Å². The maximum Gasteiger partial charge on any atom is 0.249 e. The third kappa shape index (κ3) is 4.42. The Kier molecular flexibility index (Phi) is 5.57. The molecule has 7 heteroatoms. The lowest BCUT2D eigenvalue weighted by Gasteiger charge is -2.21. The second-order valence-electron chi connectivity index (χ2n) is 5.13. The van der Waals surface area contributed by atoms with Crippen molar-refractivity contribution in [1.82, 2.24) is 9.36 Å². The van der Waals surface area contributed by atoms with E-state index in [4.69, 9.17) is 0 Å². The van der Waals surface area contributed by atoms with Crippen molar-refractivity contribution in [2.45, 2.75) is 13.5 Å². The molecule has 0 saturated heterocycles. The van der Waals surface area contributed by atoms with Crippen LogP contribution in [0.5, 0.6) is 0 Å². The lowest BCUT2D eigenvalue weighted by Crippen LogP contribution is -2.40. The lowest BCUT2D eigenvalue weighted by atomic mass is 10.2. The number of likely N-dealkylation sites (N-methyl/N-ethyl adjacent to an activating group) is 1. The summed E-state index contributed by atoms with van der Waals surface area (Å²) in [5.74, 6) is 0. The van der Waals surface area contributed by atoms with E-state index in [-0.39, 0.29) is 0 Å². The zero-order chi connectivity index (χ0) is 16.6. The van der Waals surface area contributed by atoms with Crippen LogP contribution in [0.1, 0.15) is 6.92 Å². The van der Waals surface area contributed by atoms with Gasteiger partial charge in [-0.2, -0.15) is 4.37 Å². The molecule has 0 spiro atoms. The number of benzene rings is 1. The largest absolute Gasteiger partial charge is 0.365 e. The number of aromatic nitrogens is 3. The van der Waals surface area contributed by atoms with Crippen LogP contribution >= 0.6 is 11.5 Å². The van der Waals surface area contributed by atoms with Gasteiger partial charge in [-0.3, -0.25) is 0 Å². The minimum absolute atomic E-state index is 0.564. The van der Waals surface area contributed by atoms with Crippen LogP contribution in [0, 0.1) is 0 Å². The molecule has 2 heterocycles. The summed E-state index contributed by atoms with van der Waals surface area (Å²) in [7, 11) is 0. The van der Waals surface area contributed by atoms with Crippen LogP contribution in [-0.4, -0.2) is 22.4 Å². The van der Waals surface area contributed by atoms with Crippen molar-refractivity contribution >= 4 is 28.0 Å². The Labute approximate surface area is 145 Å². The van der Waals surface area contributed by atoms with Crippen LogP contribution in [0.2, 0.25) is 0 Å². The first kappa shape index (κ1) is 16.2. The first-order valence-corrected chi connectivity index (χ1v) is 8.60. The SMILES string of the molecule is CCN(CC[n+]1ccccc1)c1ccc(/N=N/c2ncns2)cc1. The first-order chi connectivity index (χ1) is 11.8. The van der Waals surface area contributed by atoms with E-state index in [2.05, 4.69) is 60.5 Å². The predicted molar refractivity (Wildman–Crippen MR) is 95.1 cm³/mol. The predicted octanol–water partition coefficient (Wildman–Crippen LogP) is 3.77. The highest BCUT2D eigenvalue weighted by Crippen LogP contribution is 2.22. The highest BCUT2D eigenvalue weighted by atomic mass is 32.1. The van der Waals surface area contributed by atoms with Crippen molar-refractivity contribution in [2.75, 3.05) is 18.0 Å². The van der Waals surface area contributed by atoms with Crippen LogP contribution in [0.25, 0.3) is 0 Å². The average Bonchev–Trinajstić information content (AvgIpc) is 3.16. The van der Waals surface area contributed by atoms with Crippen LogP contribution in [0.15, 0.2) is 71.4 Å². The minimum atomic E-state index is 0.564. The maximum absolute atomic E-state index is 4.18. The molecule has 0 bridgehead atoms. The Balaban J connectivity index is 1.62. The van der Waals surface area contributed by atoms with Gasteiger partial charge < -0.3 is 4.90 Å². The van der Waals surface area contributed by atoms with Crippen LogP contribution in [0.3, 0.4) is 0 Å². The van der Waals surface area contributed by atoms with Crippen LogP contribution in [0.4, 0.5) is 16.5 Å². The Bertz CT molecular complexity index is 756. The third-order valence-corrected chi connectivity index (χ3v) is 4.15. The number of azo groups is 1. The summed E-state index contributed by atoms with van der Waals surface area (Å²) in [4.78, 5) is 6.32. The molecule has 24 heavy (non-hydrogen) atoms. The summed E-state index contributed by atoms with van der Waals surface area (Å²) < 4.78 is 6.08. The van der Waals surface area contributed by atoms with Gasteiger partial charge in [0.05, 0.1) is 12.2 Å². The number of hydrogen-bond acceptors (Lipinski definition) is 6. The summed E-state index contributed by atoms with van der Waals surface area (Å²) in [5.41, 5.74) is 1.99. The highest BCUT2D eigenvalue weighted by molar-refractivity contribution is 7.09. The van der Waals surface area contributed by atoms with Gasteiger partial charge in [0.15, 0.2) is 18.9 Å². The molecule has 0 amide bonds. The molecule has 0 aliphatic carbocycles. The number of pyridine rings is 1. The van der Waals surface area contributed by atoms with Crippen molar-refractivity contribution in [3.63, 3.8) is 0 Å². The summed E-state index contributed by atoms with van der Waals surface area (Å²) in [5, 5.41) is 8.80. The molecule has 122 valence electrons. The summed E-state index contributed by atoms with van der Waals surface area (Å²) >= 11 is 1.23. The van der Waals surface area contributed by atoms with E-state index in [0.29, 0.717) is 5.13 Å². The van der Waals surface area contributed by atoms with E-state index in [1.165, 1.54) is 23.5 Å². The van der Waals surface area contributed by atoms with Gasteiger partial charge in [-0.1, -0.05) is 6.07 Å². The number of hydrogen-bond donors (Lipinski definition) is 0. The fraction of sp³-hybridized carbons (Fsp3) is 0.235. The van der Waals surface area contributed by atoms with Gasteiger partial charge in [-0.05, 0) is 31.2 Å². The molecule has 0 unspecified atom stereocenters. The smallest absolute Gasteiger partial charge is 0.249 e. The van der Waals surface area contributed by atoms with Gasteiger partial charge in [0.2, 0.25) is 5.13 Å². The van der Waals surface area contributed by atoms with Crippen molar-refractivity contribution in [2.24, 2.45) is 10.2 Å². The number of anilines is 1. The molecule has 1 aromatic carbocycles. The molecule has 0 saturated carbocycles. The van der Waals surface area contributed by atoms with E-state index in [1.54, 1.807) is 0 Å². The molecular formula is C17H19N6S+. The topological polar surface area (TPSA) is 57.6 Å². The van der Waals surface area contributed by atoms with E-state index >= 15 is 0 Å². The molecule has 0 fully saturated rings. The maximum atomic E-state index is 4.18. The Morgan fingerprint density at radius 3 is 2.54 bits per heavy atom. The molecular weight excluding hydrogens is 320 g/mol. The zero-order valence-electron chi connectivity index (χ0n) is 13.5. The number of nitrogens with zero attached hydrogens (tertiary/aromatic N) is 6. The quantitative estimate of drug-likeness (QED) is 0.486. The van der Waals surface area contributed by atoms with Gasteiger partial charge in [0.1, 0.15) is 6.33 Å². The third-order valence-electron chi connectivity index (χ3n) is 3.60. The summed E-state index contributed by atoms with van der Waals surface area (Å²) in [6.07, 6.45) is 5.65. The second kappa shape index (κ2) is 8.26. The van der Waals surface area contributed by atoms with Gasteiger partial charge in [0.25, 0.3) is 0 Å². The van der Waals surface area contributed by atoms with E-state index in [9.17, 15) is 0 Å². The standard InChI is InChI=1S/C17H19N6S/c1-2-23(13-12-22-10-4-3-5-11-22)16-8-6-15(7-9-16)20-21-17-18-14-19-24-17/h3-11,14H,2,12-13H2,1H3/q+1/b21-20+. The fourth-order valence-corrected chi connectivity index (χ4v) is 2.69. The monoisotopic (exact) mass is 339 g/mol. The molecule has 6 nitrogen and oxygen atoms in total. The van der Waals surface area contributed by atoms with Crippen molar-refractivity contribution in [1.29, 1.82) is 0 Å². The normalized spacial score (nSPS) is 11.0. The fourth-order valence-electron chi connectivity index (χ4n) is 2.33. The Hall–Kier alpha value is -2.67. The highest BCUT2D eigenvalue weighted by Gasteiger charge is 2.07. The first-order valence-electron chi connectivity index (χ1n) is 7.82. The molecule has 0 N–H and O–H groups in total. The number of rotatable bonds is 7. The zero-order valence-corrected chi connectivity index (χ0v) is 14.3. The molecule has 3 rings (SSSR count). The van der Waals surface area contributed by atoms with Crippen molar-refractivity contribution < 1.29 is 4.57 Å². The van der Waals surface area contributed by atoms with Crippen molar-refractivity contribution in [3.8, 4) is 0 Å². The minimum Gasteiger partial charge on any atom is -0.365 e. The Morgan fingerprint density at radius 2 is 1.88 bits per heavy atom. The van der Waals surface area contributed by atoms with E-state index in [0.717, 1.165) is 25.3 Å². The molecule has 0 aliphatic rings. The molecule has 0 atom stereocenters. The summed E-state index contributed by atoms with van der Waals surface area (Å²) in [6, 6.07) is 14.2. The second-order valence-corrected chi connectivity index (χ2v) is 5.89. The summed E-state index contributed by atoms with van der Waals surface area (Å²) in [6.45, 7) is 5.03.